The Morgan fingerprint density at radius 1 is 0.852 bits per heavy atom. The van der Waals surface area contributed by atoms with E-state index in [1.165, 1.54) is 23.1 Å². The van der Waals surface area contributed by atoms with Crippen LogP contribution in [-0.4, -0.2) is 49.7 Å². The molecule has 0 saturated carbocycles. The monoisotopic (exact) mass is 398 g/mol. The van der Waals surface area contributed by atoms with Gasteiger partial charge in [0.05, 0.1) is 6.42 Å². The van der Waals surface area contributed by atoms with Crippen LogP contribution in [-0.2, 0) is 21.2 Å². The van der Waals surface area contributed by atoms with Crippen molar-refractivity contribution in [2.45, 2.75) is 11.3 Å². The molecule has 5 nitrogen and oxygen atoms in total. The van der Waals surface area contributed by atoms with Crippen LogP contribution in [0.3, 0.4) is 0 Å². The summed E-state index contributed by atoms with van der Waals surface area (Å²) >= 11 is 0. The lowest BCUT2D eigenvalue weighted by atomic mass is 10.1. The van der Waals surface area contributed by atoms with E-state index in [1.54, 1.807) is 6.07 Å². The summed E-state index contributed by atoms with van der Waals surface area (Å²) in [5.74, 6) is -3.14. The van der Waals surface area contributed by atoms with Crippen molar-refractivity contribution in [3.8, 4) is 0 Å². The molecule has 1 amide bonds. The molecule has 9 heteroatoms. The van der Waals surface area contributed by atoms with E-state index in [-0.39, 0.29) is 44.1 Å². The first-order chi connectivity index (χ1) is 12.8. The van der Waals surface area contributed by atoms with Crippen LogP contribution in [0.2, 0.25) is 0 Å². The van der Waals surface area contributed by atoms with E-state index in [0.717, 1.165) is 22.5 Å². The fourth-order valence-electron chi connectivity index (χ4n) is 2.95. The number of sulfonamides is 1. The lowest BCUT2D eigenvalue weighted by molar-refractivity contribution is -0.131. The first kappa shape index (κ1) is 19.4. The molecule has 1 saturated heterocycles. The van der Waals surface area contributed by atoms with Crippen LogP contribution < -0.4 is 0 Å². The quantitative estimate of drug-likeness (QED) is 0.793. The Hall–Kier alpha value is -2.39. The zero-order chi connectivity index (χ0) is 19.6. The van der Waals surface area contributed by atoms with Crippen LogP contribution in [0.15, 0.2) is 47.4 Å². The summed E-state index contributed by atoms with van der Waals surface area (Å²) in [4.78, 5) is 12.7. The molecule has 0 radical (unpaired) electrons. The van der Waals surface area contributed by atoms with Crippen LogP contribution in [0.5, 0.6) is 0 Å². The standard InChI is InChI=1S/C18H17F3N2O3S/c19-14-5-2-1-4-13(14)12-17(24)22-8-10-23(11-9-22)27(25,26)18-15(20)6-3-7-16(18)21/h1-7H,8-12H2. The van der Waals surface area contributed by atoms with E-state index in [2.05, 4.69) is 0 Å². The smallest absolute Gasteiger partial charge is 0.249 e. The van der Waals surface area contributed by atoms with Crippen LogP contribution in [0.1, 0.15) is 5.56 Å². The highest BCUT2D eigenvalue weighted by Crippen LogP contribution is 2.23. The number of rotatable bonds is 4. The minimum Gasteiger partial charge on any atom is -0.340 e. The van der Waals surface area contributed by atoms with Crippen LogP contribution in [0.4, 0.5) is 13.2 Å². The van der Waals surface area contributed by atoms with Crippen LogP contribution >= 0.6 is 0 Å². The molecule has 0 N–H and O–H groups in total. The van der Waals surface area contributed by atoms with Gasteiger partial charge in [0.15, 0.2) is 4.90 Å². The molecule has 0 aliphatic carbocycles. The van der Waals surface area contributed by atoms with Crippen molar-refractivity contribution in [2.24, 2.45) is 0 Å². The summed E-state index contributed by atoms with van der Waals surface area (Å²) in [7, 11) is -4.35. The van der Waals surface area contributed by atoms with E-state index in [0.29, 0.717) is 0 Å². The van der Waals surface area contributed by atoms with E-state index in [9.17, 15) is 26.4 Å². The Morgan fingerprint density at radius 3 is 2.00 bits per heavy atom. The number of carbonyl (C=O) groups excluding carboxylic acids is 1. The lowest BCUT2D eigenvalue weighted by Gasteiger charge is -2.34. The molecule has 1 aliphatic heterocycles. The Labute approximate surface area is 155 Å². The summed E-state index contributed by atoms with van der Waals surface area (Å²) in [6.07, 6.45) is -0.138. The summed E-state index contributed by atoms with van der Waals surface area (Å²) in [6, 6.07) is 8.76. The maximum Gasteiger partial charge on any atom is 0.249 e. The van der Waals surface area contributed by atoms with Crippen LogP contribution in [0, 0.1) is 17.5 Å². The number of nitrogens with zero attached hydrogens (tertiary/aromatic N) is 2. The number of amides is 1. The van der Waals surface area contributed by atoms with Gasteiger partial charge in [-0.05, 0) is 23.8 Å². The van der Waals surface area contributed by atoms with Crippen molar-refractivity contribution in [2.75, 3.05) is 26.2 Å². The third-order valence-corrected chi connectivity index (χ3v) is 6.36. The maximum absolute atomic E-state index is 13.8. The molecule has 2 aromatic carbocycles. The van der Waals surface area contributed by atoms with Gasteiger partial charge in [0.2, 0.25) is 15.9 Å². The highest BCUT2D eigenvalue weighted by Gasteiger charge is 2.34. The highest BCUT2D eigenvalue weighted by molar-refractivity contribution is 7.89. The minimum absolute atomic E-state index is 0.0581. The summed E-state index contributed by atoms with van der Waals surface area (Å²) < 4.78 is 67.4. The van der Waals surface area contributed by atoms with Gasteiger partial charge in [-0.15, -0.1) is 0 Å². The molecule has 2 aromatic rings. The molecule has 1 aliphatic rings. The zero-order valence-electron chi connectivity index (χ0n) is 14.2. The molecule has 0 atom stereocenters. The summed E-state index contributed by atoms with van der Waals surface area (Å²) in [6.45, 7) is -0.0799. The first-order valence-electron chi connectivity index (χ1n) is 8.26. The van der Waals surface area contributed by atoms with E-state index < -0.39 is 32.4 Å². The number of hydrogen-bond acceptors (Lipinski definition) is 3. The predicted octanol–water partition coefficient (Wildman–Crippen LogP) is 2.18. The number of carbonyl (C=O) groups is 1. The summed E-state index contributed by atoms with van der Waals surface area (Å²) in [5.41, 5.74) is 0.256. The Bertz CT molecular complexity index is 938. The zero-order valence-corrected chi connectivity index (χ0v) is 15.1. The highest BCUT2D eigenvalue weighted by atomic mass is 32.2. The molecular formula is C18H17F3N2O3S. The Balaban J connectivity index is 1.68. The maximum atomic E-state index is 13.8. The van der Waals surface area contributed by atoms with Crippen molar-refractivity contribution < 1.29 is 26.4 Å². The largest absolute Gasteiger partial charge is 0.340 e. The molecule has 0 aromatic heterocycles. The first-order valence-corrected chi connectivity index (χ1v) is 9.70. The van der Waals surface area contributed by atoms with Gasteiger partial charge < -0.3 is 4.90 Å². The molecule has 144 valence electrons. The number of halogens is 3. The van der Waals surface area contributed by atoms with E-state index in [1.807, 2.05) is 0 Å². The minimum atomic E-state index is -4.35. The Morgan fingerprint density at radius 2 is 1.41 bits per heavy atom. The lowest BCUT2D eigenvalue weighted by Crippen LogP contribution is -2.51. The topological polar surface area (TPSA) is 57.7 Å². The average Bonchev–Trinajstić information content (AvgIpc) is 2.63. The van der Waals surface area contributed by atoms with Crippen molar-refractivity contribution in [3.05, 3.63) is 65.5 Å². The van der Waals surface area contributed by atoms with Gasteiger partial charge in [0, 0.05) is 26.2 Å². The molecule has 1 fully saturated rings. The van der Waals surface area contributed by atoms with Gasteiger partial charge in [-0.3, -0.25) is 4.79 Å². The van der Waals surface area contributed by atoms with Crippen molar-refractivity contribution in [1.29, 1.82) is 0 Å². The number of piperazine rings is 1. The average molecular weight is 398 g/mol. The normalized spacial score (nSPS) is 15.7. The van der Waals surface area contributed by atoms with Gasteiger partial charge in [0.25, 0.3) is 0 Å². The third kappa shape index (κ3) is 3.98. The van der Waals surface area contributed by atoms with Gasteiger partial charge in [-0.1, -0.05) is 24.3 Å². The second kappa shape index (κ2) is 7.69. The SMILES string of the molecule is O=C(Cc1ccccc1F)N1CCN(S(=O)(=O)c2c(F)cccc2F)CC1. The molecule has 0 bridgehead atoms. The number of hydrogen-bond donors (Lipinski definition) is 0. The van der Waals surface area contributed by atoms with Crippen molar-refractivity contribution >= 4 is 15.9 Å². The number of benzene rings is 2. The molecule has 3 rings (SSSR count). The van der Waals surface area contributed by atoms with E-state index in [4.69, 9.17) is 0 Å². The fourth-order valence-corrected chi connectivity index (χ4v) is 4.48. The van der Waals surface area contributed by atoms with Crippen molar-refractivity contribution in [3.63, 3.8) is 0 Å². The van der Waals surface area contributed by atoms with Crippen molar-refractivity contribution in [1.82, 2.24) is 9.21 Å². The summed E-state index contributed by atoms with van der Waals surface area (Å²) in [5, 5.41) is 0. The molecule has 0 spiro atoms. The second-order valence-corrected chi connectivity index (χ2v) is 7.98. The van der Waals surface area contributed by atoms with Gasteiger partial charge >= 0.3 is 0 Å². The molecule has 1 heterocycles. The second-order valence-electron chi connectivity index (χ2n) is 6.10. The Kier molecular flexibility index (Phi) is 5.52. The molecular weight excluding hydrogens is 381 g/mol. The van der Waals surface area contributed by atoms with Gasteiger partial charge in [-0.25, -0.2) is 21.6 Å². The fraction of sp³-hybridized carbons (Fsp3) is 0.278. The van der Waals surface area contributed by atoms with E-state index >= 15 is 0 Å². The molecule has 0 unspecified atom stereocenters. The van der Waals surface area contributed by atoms with Gasteiger partial charge in [-0.2, -0.15) is 4.31 Å². The van der Waals surface area contributed by atoms with Crippen LogP contribution in [0.25, 0.3) is 0 Å². The van der Waals surface area contributed by atoms with Gasteiger partial charge in [0.1, 0.15) is 17.5 Å². The predicted molar refractivity (Wildman–Crippen MR) is 91.8 cm³/mol. The third-order valence-electron chi connectivity index (χ3n) is 4.41. The molecule has 27 heavy (non-hydrogen) atoms.